The fourth-order valence-electron chi connectivity index (χ4n) is 5.32. The smallest absolute Gasteiger partial charge is 0.264 e. The van der Waals surface area contributed by atoms with Crippen molar-refractivity contribution in [3.8, 4) is 11.5 Å². The summed E-state index contributed by atoms with van der Waals surface area (Å²) in [6.45, 7) is 5.07. The number of ether oxygens (including phenoxy) is 2. The molecule has 1 aliphatic carbocycles. The van der Waals surface area contributed by atoms with Crippen LogP contribution in [-0.2, 0) is 26.2 Å². The van der Waals surface area contributed by atoms with Crippen LogP contribution in [0.5, 0.6) is 11.5 Å². The van der Waals surface area contributed by atoms with Gasteiger partial charge in [-0.1, -0.05) is 60.4 Å². The van der Waals surface area contributed by atoms with E-state index in [1.54, 1.807) is 31.2 Å². The Morgan fingerprint density at radius 1 is 0.930 bits per heavy atom. The quantitative estimate of drug-likeness (QED) is 0.311. The fourth-order valence-corrected chi connectivity index (χ4v) is 6.74. The van der Waals surface area contributed by atoms with Gasteiger partial charge >= 0.3 is 0 Å². The maximum Gasteiger partial charge on any atom is 0.264 e. The standard InChI is InChI=1S/C33H41N3O6S/c1-23-13-16-29(17-14-23)43(39,40)36(30-20-28(41-4)15-18-31(30)42-5)22-32(37)35(21-26-10-8-9-24(2)19-26)25(3)33(38)34-27-11-6-7-12-27/h8-10,13-20,25,27H,6-7,11-12,21-22H2,1-5H3,(H,34,38). The first-order valence-corrected chi connectivity index (χ1v) is 15.9. The first-order valence-electron chi connectivity index (χ1n) is 14.5. The molecule has 1 N–H and O–H groups in total. The average Bonchev–Trinajstić information content (AvgIpc) is 3.51. The number of anilines is 1. The molecular weight excluding hydrogens is 566 g/mol. The van der Waals surface area contributed by atoms with Crippen molar-refractivity contribution >= 4 is 27.5 Å². The maximum absolute atomic E-state index is 14.3. The van der Waals surface area contributed by atoms with Gasteiger partial charge in [0.15, 0.2) is 0 Å². The zero-order chi connectivity index (χ0) is 31.1. The van der Waals surface area contributed by atoms with Gasteiger partial charge in [0, 0.05) is 18.7 Å². The van der Waals surface area contributed by atoms with Crippen LogP contribution in [0.4, 0.5) is 5.69 Å². The third-order valence-electron chi connectivity index (χ3n) is 7.85. The van der Waals surface area contributed by atoms with Gasteiger partial charge in [-0.2, -0.15) is 0 Å². The van der Waals surface area contributed by atoms with Crippen LogP contribution >= 0.6 is 0 Å². The molecule has 1 unspecified atom stereocenters. The molecule has 1 saturated carbocycles. The highest BCUT2D eigenvalue weighted by Crippen LogP contribution is 2.36. The van der Waals surface area contributed by atoms with Crippen molar-refractivity contribution in [2.75, 3.05) is 25.1 Å². The van der Waals surface area contributed by atoms with Crippen LogP contribution in [0.15, 0.2) is 71.6 Å². The number of hydrogen-bond acceptors (Lipinski definition) is 6. The summed E-state index contributed by atoms with van der Waals surface area (Å²) in [6.07, 6.45) is 3.92. The predicted molar refractivity (Wildman–Crippen MR) is 167 cm³/mol. The Labute approximate surface area is 254 Å². The van der Waals surface area contributed by atoms with Gasteiger partial charge in [-0.25, -0.2) is 8.42 Å². The Kier molecular flexibility index (Phi) is 10.3. The number of nitrogens with one attached hydrogen (secondary N) is 1. The second-order valence-electron chi connectivity index (χ2n) is 11.0. The lowest BCUT2D eigenvalue weighted by Crippen LogP contribution is -2.52. The van der Waals surface area contributed by atoms with Crippen LogP contribution in [0.2, 0.25) is 0 Å². The van der Waals surface area contributed by atoms with E-state index >= 15 is 0 Å². The SMILES string of the molecule is COc1ccc(OC)c(N(CC(=O)N(Cc2cccc(C)c2)C(C)C(=O)NC2CCCC2)S(=O)(=O)c2ccc(C)cc2)c1. The minimum absolute atomic E-state index is 0.0213. The summed E-state index contributed by atoms with van der Waals surface area (Å²) in [5.41, 5.74) is 2.89. The Balaban J connectivity index is 1.76. The zero-order valence-electron chi connectivity index (χ0n) is 25.5. The van der Waals surface area contributed by atoms with Crippen LogP contribution in [0.1, 0.15) is 49.3 Å². The van der Waals surface area contributed by atoms with Crippen molar-refractivity contribution in [3.05, 3.63) is 83.4 Å². The van der Waals surface area contributed by atoms with Gasteiger partial charge in [-0.05, 0) is 63.4 Å². The molecule has 10 heteroatoms. The number of nitrogens with zero attached hydrogens (tertiary/aromatic N) is 2. The third-order valence-corrected chi connectivity index (χ3v) is 9.62. The highest BCUT2D eigenvalue weighted by Gasteiger charge is 2.34. The zero-order valence-corrected chi connectivity index (χ0v) is 26.3. The number of carbonyl (C=O) groups is 2. The fraction of sp³-hybridized carbons (Fsp3) is 0.394. The molecule has 4 rings (SSSR count). The second kappa shape index (κ2) is 13.9. The summed E-state index contributed by atoms with van der Waals surface area (Å²) in [5, 5.41) is 3.09. The summed E-state index contributed by atoms with van der Waals surface area (Å²) >= 11 is 0. The number of aryl methyl sites for hydroxylation is 2. The average molecular weight is 608 g/mol. The summed E-state index contributed by atoms with van der Waals surface area (Å²) < 4.78 is 40.3. The van der Waals surface area contributed by atoms with Crippen LogP contribution < -0.4 is 19.1 Å². The lowest BCUT2D eigenvalue weighted by Gasteiger charge is -2.33. The lowest BCUT2D eigenvalue weighted by molar-refractivity contribution is -0.139. The first-order chi connectivity index (χ1) is 20.5. The molecule has 230 valence electrons. The molecular formula is C33H41N3O6S. The maximum atomic E-state index is 14.3. The van der Waals surface area contributed by atoms with Crippen molar-refractivity contribution in [3.63, 3.8) is 0 Å². The second-order valence-corrected chi connectivity index (χ2v) is 12.9. The van der Waals surface area contributed by atoms with E-state index in [4.69, 9.17) is 9.47 Å². The molecule has 3 aromatic rings. The van der Waals surface area contributed by atoms with Crippen molar-refractivity contribution in [2.24, 2.45) is 0 Å². The molecule has 1 fully saturated rings. The first kappa shape index (κ1) is 31.9. The number of hydrogen-bond donors (Lipinski definition) is 1. The largest absolute Gasteiger partial charge is 0.497 e. The number of sulfonamides is 1. The minimum Gasteiger partial charge on any atom is -0.497 e. The lowest BCUT2D eigenvalue weighted by atomic mass is 10.1. The van der Waals surface area contributed by atoms with Gasteiger partial charge in [-0.3, -0.25) is 13.9 Å². The van der Waals surface area contributed by atoms with Gasteiger partial charge in [0.25, 0.3) is 10.0 Å². The number of benzene rings is 3. The Morgan fingerprint density at radius 3 is 2.26 bits per heavy atom. The molecule has 0 bridgehead atoms. The molecule has 0 radical (unpaired) electrons. The van der Waals surface area contributed by atoms with Crippen molar-refractivity contribution in [1.82, 2.24) is 10.2 Å². The summed E-state index contributed by atoms with van der Waals surface area (Å²) in [5.74, 6) is -0.147. The van der Waals surface area contributed by atoms with Crippen LogP contribution in [-0.4, -0.2) is 58.0 Å². The summed E-state index contributed by atoms with van der Waals surface area (Å²) in [7, 11) is -1.34. The molecule has 0 aromatic heterocycles. The van der Waals surface area contributed by atoms with Crippen molar-refractivity contribution in [2.45, 2.75) is 70.0 Å². The number of rotatable bonds is 12. The summed E-state index contributed by atoms with van der Waals surface area (Å²) in [6, 6.07) is 18.1. The minimum atomic E-state index is -4.25. The topological polar surface area (TPSA) is 105 Å². The Hall–Kier alpha value is -4.05. The molecule has 9 nitrogen and oxygen atoms in total. The molecule has 43 heavy (non-hydrogen) atoms. The predicted octanol–water partition coefficient (Wildman–Crippen LogP) is 4.99. The van der Waals surface area contributed by atoms with Gasteiger partial charge < -0.3 is 19.7 Å². The van der Waals surface area contributed by atoms with Gasteiger partial charge in [0.1, 0.15) is 24.1 Å². The number of carbonyl (C=O) groups excluding carboxylic acids is 2. The van der Waals surface area contributed by atoms with Gasteiger partial charge in [-0.15, -0.1) is 0 Å². The number of methoxy groups -OCH3 is 2. The van der Waals surface area contributed by atoms with E-state index in [2.05, 4.69) is 5.32 Å². The normalized spacial score (nSPS) is 14.2. The van der Waals surface area contributed by atoms with Crippen molar-refractivity contribution < 1.29 is 27.5 Å². The van der Waals surface area contributed by atoms with Crippen LogP contribution in [0.3, 0.4) is 0 Å². The van der Waals surface area contributed by atoms with E-state index in [0.29, 0.717) is 5.75 Å². The van der Waals surface area contributed by atoms with E-state index < -0.39 is 28.5 Å². The molecule has 0 spiro atoms. The number of amides is 2. The van der Waals surface area contributed by atoms with Gasteiger partial charge in [0.05, 0.1) is 24.8 Å². The van der Waals surface area contributed by atoms with Crippen LogP contribution in [0, 0.1) is 13.8 Å². The van der Waals surface area contributed by atoms with Crippen LogP contribution in [0.25, 0.3) is 0 Å². The van der Waals surface area contributed by atoms with E-state index in [0.717, 1.165) is 46.7 Å². The third kappa shape index (κ3) is 7.67. The molecule has 0 heterocycles. The molecule has 1 aliphatic rings. The van der Waals surface area contributed by atoms with Gasteiger partial charge in [0.2, 0.25) is 11.8 Å². The molecule has 2 amide bonds. The Bertz CT molecular complexity index is 1530. The molecule has 1 atom stereocenters. The summed E-state index contributed by atoms with van der Waals surface area (Å²) in [4.78, 5) is 29.1. The molecule has 0 saturated heterocycles. The molecule has 0 aliphatic heterocycles. The van der Waals surface area contributed by atoms with Crippen molar-refractivity contribution in [1.29, 1.82) is 0 Å². The Morgan fingerprint density at radius 2 is 1.63 bits per heavy atom. The van der Waals surface area contributed by atoms with E-state index in [1.807, 2.05) is 38.1 Å². The van der Waals surface area contributed by atoms with E-state index in [1.165, 1.54) is 37.3 Å². The van der Waals surface area contributed by atoms with E-state index in [9.17, 15) is 18.0 Å². The van der Waals surface area contributed by atoms with E-state index in [-0.39, 0.29) is 34.8 Å². The monoisotopic (exact) mass is 607 g/mol. The highest BCUT2D eigenvalue weighted by atomic mass is 32.2. The highest BCUT2D eigenvalue weighted by molar-refractivity contribution is 7.92. The molecule has 3 aromatic carbocycles.